The van der Waals surface area contributed by atoms with E-state index in [-0.39, 0.29) is 11.3 Å². The van der Waals surface area contributed by atoms with Crippen molar-refractivity contribution in [3.8, 4) is 0 Å². The zero-order valence-corrected chi connectivity index (χ0v) is 12.9. The highest BCUT2D eigenvalue weighted by atomic mass is 32.2. The molecule has 4 N–H and O–H groups in total. The van der Waals surface area contributed by atoms with Gasteiger partial charge in [0.05, 0.1) is 5.56 Å². The Hall–Kier alpha value is -2.28. The molecule has 0 aliphatic carbocycles. The Balaban J connectivity index is 3.22. The van der Waals surface area contributed by atoms with Gasteiger partial charge in [-0.15, -0.1) is 0 Å². The third kappa shape index (κ3) is 3.88. The molecule has 0 aromatic heterocycles. The van der Waals surface area contributed by atoms with Crippen LogP contribution in [-0.2, 0) is 4.79 Å². The number of hydrogen-bond donors (Lipinski definition) is 3. The first-order chi connectivity index (χ1) is 10.2. The van der Waals surface area contributed by atoms with Gasteiger partial charge in [0.25, 0.3) is 0 Å². The van der Waals surface area contributed by atoms with Gasteiger partial charge >= 0.3 is 11.9 Å². The first-order valence-electron chi connectivity index (χ1n) is 6.26. The highest BCUT2D eigenvalue weighted by molar-refractivity contribution is 8.01. The van der Waals surface area contributed by atoms with Crippen LogP contribution in [0.3, 0.4) is 0 Å². The number of anilines is 1. The molecule has 0 heterocycles. The SMILES string of the molecule is C/C=C\C=C(\F)C(C)(Sc1ccc(C(=O)O)cc1N)C(=O)O. The summed E-state index contributed by atoms with van der Waals surface area (Å²) in [5, 5.41) is 18.2. The standard InChI is InChI=1S/C15H16FNO4S/c1-3-4-5-12(16)15(2,14(20)21)22-11-7-6-9(13(18)19)8-10(11)17/h3-8H,17H2,1-2H3,(H,18,19)(H,20,21)/b4-3-,12-5+. The van der Waals surface area contributed by atoms with Crippen LogP contribution in [0.25, 0.3) is 0 Å². The van der Waals surface area contributed by atoms with Gasteiger partial charge in [-0.25, -0.2) is 9.18 Å². The minimum absolute atomic E-state index is 0.0243. The number of benzene rings is 1. The summed E-state index contributed by atoms with van der Waals surface area (Å²) >= 11 is 0.710. The summed E-state index contributed by atoms with van der Waals surface area (Å²) in [7, 11) is 0. The number of aromatic carboxylic acids is 1. The van der Waals surface area contributed by atoms with Gasteiger partial charge in [0.2, 0.25) is 0 Å². The Morgan fingerprint density at radius 3 is 2.45 bits per heavy atom. The van der Waals surface area contributed by atoms with Crippen molar-refractivity contribution in [1.82, 2.24) is 0 Å². The predicted molar refractivity (Wildman–Crippen MR) is 83.7 cm³/mol. The van der Waals surface area contributed by atoms with Crippen LogP contribution in [0.1, 0.15) is 24.2 Å². The van der Waals surface area contributed by atoms with Crippen molar-refractivity contribution in [2.24, 2.45) is 0 Å². The fraction of sp³-hybridized carbons (Fsp3) is 0.200. The van der Waals surface area contributed by atoms with E-state index >= 15 is 0 Å². The number of carboxylic acids is 2. The highest BCUT2D eigenvalue weighted by Crippen LogP contribution is 2.42. The number of rotatable bonds is 6. The lowest BCUT2D eigenvalue weighted by molar-refractivity contribution is -0.138. The largest absolute Gasteiger partial charge is 0.480 e. The van der Waals surface area contributed by atoms with Crippen molar-refractivity contribution < 1.29 is 24.2 Å². The van der Waals surface area contributed by atoms with E-state index in [0.29, 0.717) is 16.7 Å². The van der Waals surface area contributed by atoms with E-state index in [1.54, 1.807) is 13.0 Å². The molecule has 0 fully saturated rings. The average Bonchev–Trinajstić information content (AvgIpc) is 2.46. The number of nitrogens with two attached hydrogens (primary N) is 1. The van der Waals surface area contributed by atoms with E-state index in [9.17, 15) is 19.1 Å². The summed E-state index contributed by atoms with van der Waals surface area (Å²) in [4.78, 5) is 22.6. The van der Waals surface area contributed by atoms with E-state index in [1.165, 1.54) is 31.2 Å². The maximum absolute atomic E-state index is 14.2. The maximum Gasteiger partial charge on any atom is 0.335 e. The molecule has 0 saturated heterocycles. The van der Waals surface area contributed by atoms with E-state index < -0.39 is 22.5 Å². The van der Waals surface area contributed by atoms with Crippen LogP contribution in [0.2, 0.25) is 0 Å². The lowest BCUT2D eigenvalue weighted by atomic mass is 10.1. The van der Waals surface area contributed by atoms with Crippen molar-refractivity contribution in [2.45, 2.75) is 23.5 Å². The third-order valence-electron chi connectivity index (χ3n) is 2.87. The van der Waals surface area contributed by atoms with Gasteiger partial charge in [-0.2, -0.15) is 0 Å². The number of carboxylic acid groups (broad SMARTS) is 2. The normalized spacial score (nSPS) is 14.8. The molecule has 5 nitrogen and oxygen atoms in total. The number of thioether (sulfide) groups is 1. The van der Waals surface area contributed by atoms with Gasteiger partial charge < -0.3 is 15.9 Å². The summed E-state index contributed by atoms with van der Waals surface area (Å²) < 4.78 is 12.3. The molecule has 0 spiro atoms. The van der Waals surface area contributed by atoms with Crippen LogP contribution in [0, 0.1) is 0 Å². The van der Waals surface area contributed by atoms with E-state index in [1.807, 2.05) is 0 Å². The van der Waals surface area contributed by atoms with E-state index in [0.717, 1.165) is 6.08 Å². The molecule has 1 rings (SSSR count). The van der Waals surface area contributed by atoms with Gasteiger partial charge in [0.1, 0.15) is 5.83 Å². The fourth-order valence-electron chi connectivity index (χ4n) is 1.53. The van der Waals surface area contributed by atoms with Crippen LogP contribution in [0.5, 0.6) is 0 Å². The van der Waals surface area contributed by atoms with Crippen molar-refractivity contribution in [1.29, 1.82) is 0 Å². The lowest BCUT2D eigenvalue weighted by Gasteiger charge is -2.23. The van der Waals surface area contributed by atoms with E-state index in [2.05, 4.69) is 0 Å². The Morgan fingerprint density at radius 1 is 1.36 bits per heavy atom. The molecule has 118 valence electrons. The molecule has 0 radical (unpaired) electrons. The second kappa shape index (κ2) is 7.13. The molecule has 22 heavy (non-hydrogen) atoms. The molecule has 1 unspecified atom stereocenters. The van der Waals surface area contributed by atoms with Crippen LogP contribution >= 0.6 is 11.8 Å². The summed E-state index contributed by atoms with van der Waals surface area (Å²) in [5.74, 6) is -3.36. The van der Waals surface area contributed by atoms with Crippen LogP contribution in [-0.4, -0.2) is 26.9 Å². The topological polar surface area (TPSA) is 101 Å². The van der Waals surface area contributed by atoms with Gasteiger partial charge in [-0.05, 0) is 38.1 Å². The first-order valence-corrected chi connectivity index (χ1v) is 7.08. The van der Waals surface area contributed by atoms with Gasteiger partial charge in [-0.3, -0.25) is 4.79 Å². The fourth-order valence-corrected chi connectivity index (χ4v) is 2.53. The lowest BCUT2D eigenvalue weighted by Crippen LogP contribution is -2.32. The molecule has 0 amide bonds. The molecule has 0 bridgehead atoms. The second-order valence-electron chi connectivity index (χ2n) is 4.54. The van der Waals surface area contributed by atoms with Crippen molar-refractivity contribution in [3.05, 3.63) is 47.8 Å². The summed E-state index contributed by atoms with van der Waals surface area (Å²) in [5.41, 5.74) is 5.79. The third-order valence-corrected chi connectivity index (χ3v) is 4.24. The molecule has 1 atom stereocenters. The Labute approximate surface area is 131 Å². The molecule has 0 aliphatic heterocycles. The molecule has 0 saturated carbocycles. The minimum atomic E-state index is -1.86. The number of allylic oxidation sites excluding steroid dienone is 3. The zero-order valence-electron chi connectivity index (χ0n) is 12.0. The molecule has 1 aromatic rings. The Bertz CT molecular complexity index is 657. The first kappa shape index (κ1) is 17.8. The minimum Gasteiger partial charge on any atom is -0.480 e. The van der Waals surface area contributed by atoms with E-state index in [4.69, 9.17) is 10.8 Å². The molecular weight excluding hydrogens is 309 g/mol. The smallest absolute Gasteiger partial charge is 0.335 e. The Kier molecular flexibility index (Phi) is 5.76. The van der Waals surface area contributed by atoms with Crippen molar-refractivity contribution in [3.63, 3.8) is 0 Å². The van der Waals surface area contributed by atoms with Crippen LogP contribution < -0.4 is 5.73 Å². The summed E-state index contributed by atoms with van der Waals surface area (Å²) in [6, 6.07) is 3.87. The quantitative estimate of drug-likeness (QED) is 0.421. The van der Waals surface area contributed by atoms with Crippen LogP contribution in [0.4, 0.5) is 10.1 Å². The molecular formula is C15H16FNO4S. The van der Waals surface area contributed by atoms with Gasteiger partial charge in [-0.1, -0.05) is 23.9 Å². The molecule has 1 aromatic carbocycles. The molecule has 0 aliphatic rings. The average molecular weight is 325 g/mol. The number of hydrogen-bond acceptors (Lipinski definition) is 4. The maximum atomic E-state index is 14.2. The van der Waals surface area contributed by atoms with Crippen LogP contribution in [0.15, 0.2) is 47.1 Å². The zero-order chi connectivity index (χ0) is 16.9. The van der Waals surface area contributed by atoms with Gasteiger partial charge in [0.15, 0.2) is 4.75 Å². The summed E-state index contributed by atoms with van der Waals surface area (Å²) in [6.07, 6.45) is 4.04. The number of nitrogen functional groups attached to an aromatic ring is 1. The number of halogens is 1. The van der Waals surface area contributed by atoms with Crippen molar-refractivity contribution in [2.75, 3.05) is 5.73 Å². The Morgan fingerprint density at radius 2 is 2.00 bits per heavy atom. The summed E-state index contributed by atoms with van der Waals surface area (Å²) in [6.45, 7) is 2.90. The monoisotopic (exact) mass is 325 g/mol. The van der Waals surface area contributed by atoms with Gasteiger partial charge in [0, 0.05) is 10.6 Å². The van der Waals surface area contributed by atoms with Crippen molar-refractivity contribution >= 4 is 29.4 Å². The second-order valence-corrected chi connectivity index (χ2v) is 6.00. The predicted octanol–water partition coefficient (Wildman–Crippen LogP) is 3.33. The number of aliphatic carboxylic acids is 1. The highest BCUT2D eigenvalue weighted by Gasteiger charge is 2.40. The number of carbonyl (C=O) groups is 2. The molecule has 7 heteroatoms.